The number of carbonyl (C=O) groups is 2. The van der Waals surface area contributed by atoms with Crippen molar-refractivity contribution in [1.82, 2.24) is 10.6 Å². The van der Waals surface area contributed by atoms with Gasteiger partial charge in [0.15, 0.2) is 0 Å². The van der Waals surface area contributed by atoms with Gasteiger partial charge in [-0.2, -0.15) is 0 Å². The highest BCUT2D eigenvalue weighted by Crippen LogP contribution is 1.96. The maximum absolute atomic E-state index is 11.3. The van der Waals surface area contributed by atoms with Crippen molar-refractivity contribution < 1.29 is 19.4 Å². The fourth-order valence-corrected chi connectivity index (χ4v) is 1.24. The summed E-state index contributed by atoms with van der Waals surface area (Å²) in [4.78, 5) is 21.5. The first kappa shape index (κ1) is 14.0. The molecule has 0 saturated carbocycles. The van der Waals surface area contributed by atoms with E-state index in [4.69, 9.17) is 9.84 Å². The third kappa shape index (κ3) is 6.49. The van der Waals surface area contributed by atoms with E-state index in [-0.39, 0.29) is 25.8 Å². The van der Waals surface area contributed by atoms with Gasteiger partial charge in [-0.05, 0) is 5.56 Å². The quantitative estimate of drug-likeness (QED) is 0.620. The molecule has 0 heterocycles. The number of ether oxygens (including phenoxy) is 1. The van der Waals surface area contributed by atoms with Gasteiger partial charge in [0, 0.05) is 13.1 Å². The molecule has 0 unspecified atom stereocenters. The smallest absolute Gasteiger partial charge is 0.329 e. The van der Waals surface area contributed by atoms with Gasteiger partial charge in [-0.1, -0.05) is 30.3 Å². The Bertz CT molecular complexity index is 381. The Morgan fingerprint density at radius 3 is 2.56 bits per heavy atom. The van der Waals surface area contributed by atoms with Crippen LogP contribution >= 0.6 is 0 Å². The summed E-state index contributed by atoms with van der Waals surface area (Å²) >= 11 is 0. The monoisotopic (exact) mass is 252 g/mol. The van der Waals surface area contributed by atoms with Gasteiger partial charge in [0.2, 0.25) is 0 Å². The Labute approximate surface area is 105 Å². The molecule has 0 bridgehead atoms. The normalized spacial score (nSPS) is 9.78. The average molecular weight is 252 g/mol. The number of nitrogens with one attached hydrogen (secondary N) is 2. The minimum absolute atomic E-state index is 0.172. The lowest BCUT2D eigenvalue weighted by Gasteiger charge is -2.07. The average Bonchev–Trinajstić information content (AvgIpc) is 2.37. The van der Waals surface area contributed by atoms with Crippen molar-refractivity contribution in [3.8, 4) is 0 Å². The van der Waals surface area contributed by atoms with Crippen molar-refractivity contribution in [3.63, 3.8) is 0 Å². The van der Waals surface area contributed by atoms with Gasteiger partial charge >= 0.3 is 12.0 Å². The zero-order valence-electron chi connectivity index (χ0n) is 9.89. The predicted molar refractivity (Wildman–Crippen MR) is 65.1 cm³/mol. The molecule has 6 nitrogen and oxygen atoms in total. The second-order valence-corrected chi connectivity index (χ2v) is 3.54. The lowest BCUT2D eigenvalue weighted by Crippen LogP contribution is -2.37. The molecule has 0 aliphatic rings. The first-order valence-corrected chi connectivity index (χ1v) is 5.53. The van der Waals surface area contributed by atoms with E-state index in [9.17, 15) is 9.59 Å². The molecular weight excluding hydrogens is 236 g/mol. The standard InChI is InChI=1S/C12H16N2O4/c15-11(16)9-18-7-6-13-12(17)14-8-10-4-2-1-3-5-10/h1-5H,6-9H2,(H,15,16)(H2,13,14,17). The van der Waals surface area contributed by atoms with Gasteiger partial charge in [-0.15, -0.1) is 0 Å². The zero-order chi connectivity index (χ0) is 13.2. The molecule has 18 heavy (non-hydrogen) atoms. The summed E-state index contributed by atoms with van der Waals surface area (Å²) in [5.74, 6) is -1.02. The summed E-state index contributed by atoms with van der Waals surface area (Å²) in [6.07, 6.45) is 0. The molecule has 1 aromatic rings. The van der Waals surface area contributed by atoms with Crippen LogP contribution in [0, 0.1) is 0 Å². The third-order valence-electron chi connectivity index (χ3n) is 2.05. The number of rotatable bonds is 7. The Morgan fingerprint density at radius 2 is 1.89 bits per heavy atom. The van der Waals surface area contributed by atoms with Crippen LogP contribution in [-0.4, -0.2) is 36.9 Å². The van der Waals surface area contributed by atoms with Gasteiger partial charge in [-0.25, -0.2) is 9.59 Å². The number of hydrogen-bond donors (Lipinski definition) is 3. The summed E-state index contributed by atoms with van der Waals surface area (Å²) in [5, 5.41) is 13.5. The van der Waals surface area contributed by atoms with Crippen LogP contribution in [-0.2, 0) is 16.1 Å². The third-order valence-corrected chi connectivity index (χ3v) is 2.05. The molecule has 0 spiro atoms. The summed E-state index contributed by atoms with van der Waals surface area (Å²) in [5.41, 5.74) is 1.01. The molecule has 1 aromatic carbocycles. The highest BCUT2D eigenvalue weighted by molar-refractivity contribution is 5.73. The van der Waals surface area contributed by atoms with E-state index < -0.39 is 5.97 Å². The number of hydrogen-bond acceptors (Lipinski definition) is 3. The number of amides is 2. The van der Waals surface area contributed by atoms with Crippen LogP contribution in [0.3, 0.4) is 0 Å². The van der Waals surface area contributed by atoms with Crippen LogP contribution in [0.5, 0.6) is 0 Å². The molecule has 0 fully saturated rings. The summed E-state index contributed by atoms with van der Waals surface area (Å²) in [6.45, 7) is 0.537. The van der Waals surface area contributed by atoms with Crippen molar-refractivity contribution in [2.24, 2.45) is 0 Å². The van der Waals surface area contributed by atoms with Gasteiger partial charge in [0.25, 0.3) is 0 Å². The fraction of sp³-hybridized carbons (Fsp3) is 0.333. The van der Waals surface area contributed by atoms with Crippen LogP contribution in [0.4, 0.5) is 4.79 Å². The van der Waals surface area contributed by atoms with Crippen molar-refractivity contribution in [3.05, 3.63) is 35.9 Å². The van der Waals surface area contributed by atoms with Gasteiger partial charge in [0.05, 0.1) is 6.61 Å². The van der Waals surface area contributed by atoms with E-state index in [1.807, 2.05) is 30.3 Å². The Morgan fingerprint density at radius 1 is 1.17 bits per heavy atom. The molecule has 0 saturated heterocycles. The van der Waals surface area contributed by atoms with Crippen LogP contribution < -0.4 is 10.6 Å². The Kier molecular flexibility index (Phi) is 6.27. The summed E-state index contributed by atoms with van der Waals surface area (Å²) < 4.78 is 4.77. The minimum Gasteiger partial charge on any atom is -0.480 e. The maximum atomic E-state index is 11.3. The lowest BCUT2D eigenvalue weighted by atomic mass is 10.2. The van der Waals surface area contributed by atoms with Crippen molar-refractivity contribution in [1.29, 1.82) is 0 Å². The molecule has 0 aliphatic carbocycles. The van der Waals surface area contributed by atoms with Crippen LogP contribution in [0.1, 0.15) is 5.56 Å². The number of carboxylic acids is 1. The highest BCUT2D eigenvalue weighted by atomic mass is 16.5. The predicted octanol–water partition coefficient (Wildman–Crippen LogP) is 0.587. The Hall–Kier alpha value is -2.08. The molecule has 0 radical (unpaired) electrons. The lowest BCUT2D eigenvalue weighted by molar-refractivity contribution is -0.142. The molecule has 2 amide bonds. The molecule has 0 atom stereocenters. The number of urea groups is 1. The molecule has 0 aliphatic heterocycles. The number of benzene rings is 1. The number of carbonyl (C=O) groups excluding carboxylic acids is 1. The van der Waals surface area contributed by atoms with Gasteiger partial charge in [-0.3, -0.25) is 0 Å². The highest BCUT2D eigenvalue weighted by Gasteiger charge is 2.00. The van der Waals surface area contributed by atoms with E-state index in [1.54, 1.807) is 0 Å². The van der Waals surface area contributed by atoms with E-state index >= 15 is 0 Å². The molecule has 98 valence electrons. The van der Waals surface area contributed by atoms with Crippen LogP contribution in [0.25, 0.3) is 0 Å². The fourth-order valence-electron chi connectivity index (χ4n) is 1.24. The van der Waals surface area contributed by atoms with Crippen molar-refractivity contribution in [2.75, 3.05) is 19.8 Å². The van der Waals surface area contributed by atoms with E-state index in [0.717, 1.165) is 5.56 Å². The number of aliphatic carboxylic acids is 1. The first-order valence-electron chi connectivity index (χ1n) is 5.53. The topological polar surface area (TPSA) is 87.7 Å². The molecular formula is C12H16N2O4. The van der Waals surface area contributed by atoms with E-state index in [0.29, 0.717) is 6.54 Å². The van der Waals surface area contributed by atoms with E-state index in [2.05, 4.69) is 10.6 Å². The van der Waals surface area contributed by atoms with E-state index in [1.165, 1.54) is 0 Å². The first-order chi connectivity index (χ1) is 8.68. The summed E-state index contributed by atoms with van der Waals surface area (Å²) in [7, 11) is 0. The second-order valence-electron chi connectivity index (χ2n) is 3.54. The van der Waals surface area contributed by atoms with Gasteiger partial charge < -0.3 is 20.5 Å². The number of carboxylic acid groups (broad SMARTS) is 1. The minimum atomic E-state index is -1.02. The Balaban J connectivity index is 2.06. The maximum Gasteiger partial charge on any atom is 0.329 e. The van der Waals surface area contributed by atoms with Gasteiger partial charge in [0.1, 0.15) is 6.61 Å². The summed E-state index contributed by atoms with van der Waals surface area (Å²) in [6, 6.07) is 9.22. The molecule has 6 heteroatoms. The molecule has 0 aromatic heterocycles. The molecule has 3 N–H and O–H groups in total. The largest absolute Gasteiger partial charge is 0.480 e. The molecule has 1 rings (SSSR count). The second kappa shape index (κ2) is 8.08. The SMILES string of the molecule is O=C(O)COCCNC(=O)NCc1ccccc1. The van der Waals surface area contributed by atoms with Crippen LogP contribution in [0.15, 0.2) is 30.3 Å². The van der Waals surface area contributed by atoms with Crippen molar-refractivity contribution in [2.45, 2.75) is 6.54 Å². The zero-order valence-corrected chi connectivity index (χ0v) is 9.89. The van der Waals surface area contributed by atoms with Crippen LogP contribution in [0.2, 0.25) is 0 Å². The van der Waals surface area contributed by atoms with Crippen molar-refractivity contribution >= 4 is 12.0 Å².